The van der Waals surface area contributed by atoms with Crippen molar-refractivity contribution in [1.82, 2.24) is 4.98 Å². The lowest BCUT2D eigenvalue weighted by molar-refractivity contribution is -0.265. The maximum atomic E-state index is 14.1. The predicted molar refractivity (Wildman–Crippen MR) is 138 cm³/mol. The van der Waals surface area contributed by atoms with Crippen LogP contribution in [0.15, 0.2) is 24.4 Å². The van der Waals surface area contributed by atoms with Crippen LogP contribution < -0.4 is 5.73 Å². The Bertz CT molecular complexity index is 1360. The number of aryl methyl sites for hydroxylation is 1. The second kappa shape index (κ2) is 8.24. The fourth-order valence-electron chi connectivity index (χ4n) is 8.44. The molecule has 1 amide bonds. The average molecular weight is 525 g/mol. The van der Waals surface area contributed by atoms with Crippen molar-refractivity contribution in [3.8, 4) is 17.0 Å². The second-order valence-corrected chi connectivity index (χ2v) is 12.6. The van der Waals surface area contributed by atoms with E-state index in [1.165, 1.54) is 6.07 Å². The highest BCUT2D eigenvalue weighted by atomic mass is 16.4. The summed E-state index contributed by atoms with van der Waals surface area (Å²) in [4.78, 5) is 43.3. The molecule has 2 fully saturated rings. The molecule has 9 heteroatoms. The van der Waals surface area contributed by atoms with Gasteiger partial charge in [-0.1, -0.05) is 27.7 Å². The van der Waals surface area contributed by atoms with Crippen LogP contribution in [0.4, 0.5) is 0 Å². The van der Waals surface area contributed by atoms with E-state index in [0.29, 0.717) is 5.56 Å². The Morgan fingerprint density at radius 1 is 1.18 bits per heavy atom. The zero-order valence-corrected chi connectivity index (χ0v) is 22.3. The molecule has 1 heterocycles. The summed E-state index contributed by atoms with van der Waals surface area (Å²) in [5.74, 6) is -7.00. The number of hydrogen-bond acceptors (Lipinski definition) is 7. The standard InChI is InChI=1S/C29H36N2O7/c1-12(2)20-23(34)19(26(30)37)24(35)29(38)25(36)21-22(33)18-15(9-27(21,4)11-28(20,29)5)14(6-7-17(18)32)16-8-13(3)10-31-16/h6-8,10,12,19-21,23,25,31-32,34,36,38H,9,11H2,1-5H3,(H2,30,37)/t19-,20+,21-,23?,25?,27-,28-,29+/m1/s1. The van der Waals surface area contributed by atoms with Crippen molar-refractivity contribution in [3.63, 3.8) is 0 Å². The normalized spacial score (nSPS) is 38.5. The number of primary amides is 1. The third-order valence-electron chi connectivity index (χ3n) is 9.78. The van der Waals surface area contributed by atoms with Gasteiger partial charge < -0.3 is 31.1 Å². The number of fused-ring (bicyclic) bond motifs is 3. The summed E-state index contributed by atoms with van der Waals surface area (Å²) in [6.07, 6.45) is -1.11. The number of aliphatic hydroxyl groups is 3. The molecule has 3 aliphatic rings. The van der Waals surface area contributed by atoms with Gasteiger partial charge in [0.15, 0.2) is 17.2 Å². The molecule has 7 N–H and O–H groups in total. The van der Waals surface area contributed by atoms with Gasteiger partial charge in [0.1, 0.15) is 17.8 Å². The highest BCUT2D eigenvalue weighted by Gasteiger charge is 2.75. The monoisotopic (exact) mass is 524 g/mol. The number of hydrogen-bond donors (Lipinski definition) is 6. The summed E-state index contributed by atoms with van der Waals surface area (Å²) in [6, 6.07) is 5.12. The van der Waals surface area contributed by atoms with Crippen LogP contribution in [0.25, 0.3) is 11.3 Å². The van der Waals surface area contributed by atoms with Crippen molar-refractivity contribution in [1.29, 1.82) is 0 Å². The quantitative estimate of drug-likeness (QED) is 0.332. The number of aromatic amines is 1. The van der Waals surface area contributed by atoms with Crippen molar-refractivity contribution >= 4 is 17.5 Å². The summed E-state index contributed by atoms with van der Waals surface area (Å²) >= 11 is 0. The Hall–Kier alpha value is -3.01. The number of nitrogens with one attached hydrogen (secondary N) is 1. The van der Waals surface area contributed by atoms with Crippen LogP contribution in [0, 0.1) is 41.4 Å². The number of aromatic nitrogens is 1. The van der Waals surface area contributed by atoms with E-state index in [9.17, 15) is 34.8 Å². The summed E-state index contributed by atoms with van der Waals surface area (Å²) in [5, 5.41) is 46.0. The molecule has 1 aromatic carbocycles. The molecule has 2 unspecified atom stereocenters. The Morgan fingerprint density at radius 2 is 1.84 bits per heavy atom. The van der Waals surface area contributed by atoms with E-state index < -0.39 is 63.9 Å². The van der Waals surface area contributed by atoms with Crippen LogP contribution in [0.1, 0.15) is 55.6 Å². The van der Waals surface area contributed by atoms with E-state index in [2.05, 4.69) is 4.98 Å². The minimum absolute atomic E-state index is 0.0543. The van der Waals surface area contributed by atoms with Crippen molar-refractivity contribution in [3.05, 3.63) is 41.1 Å². The van der Waals surface area contributed by atoms with Gasteiger partial charge in [-0.3, -0.25) is 14.4 Å². The lowest BCUT2D eigenvalue weighted by Crippen LogP contribution is -2.79. The number of H-pyrrole nitrogens is 1. The Kier molecular flexibility index (Phi) is 5.77. The Balaban J connectivity index is 1.74. The number of carbonyl (C=O) groups is 3. The maximum absolute atomic E-state index is 14.1. The van der Waals surface area contributed by atoms with Gasteiger partial charge in [0, 0.05) is 22.9 Å². The van der Waals surface area contributed by atoms with Crippen LogP contribution in [0.2, 0.25) is 0 Å². The van der Waals surface area contributed by atoms with Crippen LogP contribution in [-0.2, 0) is 16.0 Å². The molecule has 1 aromatic heterocycles. The van der Waals surface area contributed by atoms with Gasteiger partial charge in [0.05, 0.1) is 17.6 Å². The molecule has 204 valence electrons. The molecule has 9 nitrogen and oxygen atoms in total. The van der Waals surface area contributed by atoms with E-state index in [0.717, 1.165) is 16.8 Å². The van der Waals surface area contributed by atoms with Gasteiger partial charge in [0.2, 0.25) is 5.91 Å². The number of ketones is 2. The number of aromatic hydroxyl groups is 1. The highest BCUT2D eigenvalue weighted by molar-refractivity contribution is 6.09. The lowest BCUT2D eigenvalue weighted by Gasteiger charge is -2.66. The molecule has 0 bridgehead atoms. The number of carbonyl (C=O) groups excluding carboxylic acids is 3. The van der Waals surface area contributed by atoms with Crippen molar-refractivity contribution in [2.75, 3.05) is 0 Å². The fourth-order valence-corrected chi connectivity index (χ4v) is 8.44. The summed E-state index contributed by atoms with van der Waals surface area (Å²) in [6.45, 7) is 9.07. The van der Waals surface area contributed by atoms with Crippen LogP contribution in [0.5, 0.6) is 5.75 Å². The van der Waals surface area contributed by atoms with Gasteiger partial charge in [-0.15, -0.1) is 0 Å². The molecule has 0 saturated heterocycles. The minimum Gasteiger partial charge on any atom is -0.507 e. The number of phenolic OH excluding ortho intramolecular Hbond substituents is 1. The molecular weight excluding hydrogens is 488 g/mol. The zero-order chi connectivity index (χ0) is 28.1. The first kappa shape index (κ1) is 26.6. The zero-order valence-electron chi connectivity index (χ0n) is 22.3. The maximum Gasteiger partial charge on any atom is 0.230 e. The van der Waals surface area contributed by atoms with Crippen LogP contribution >= 0.6 is 0 Å². The molecule has 0 aliphatic heterocycles. The van der Waals surface area contributed by atoms with E-state index in [4.69, 9.17) is 5.73 Å². The summed E-state index contributed by atoms with van der Waals surface area (Å²) < 4.78 is 0. The van der Waals surface area contributed by atoms with Gasteiger partial charge in [-0.05, 0) is 66.3 Å². The van der Waals surface area contributed by atoms with Crippen LogP contribution in [-0.4, -0.2) is 60.7 Å². The first-order valence-corrected chi connectivity index (χ1v) is 13.1. The third-order valence-corrected chi connectivity index (χ3v) is 9.78. The van der Waals surface area contributed by atoms with Gasteiger partial charge in [-0.25, -0.2) is 0 Å². The molecule has 2 aromatic rings. The number of amides is 1. The second-order valence-electron chi connectivity index (χ2n) is 12.6. The molecule has 8 atom stereocenters. The molecule has 38 heavy (non-hydrogen) atoms. The molecule has 0 spiro atoms. The Morgan fingerprint density at radius 3 is 2.39 bits per heavy atom. The first-order chi connectivity index (χ1) is 17.6. The largest absolute Gasteiger partial charge is 0.507 e. The molecule has 2 saturated carbocycles. The van der Waals surface area contributed by atoms with Gasteiger partial charge in [0.25, 0.3) is 0 Å². The van der Waals surface area contributed by atoms with E-state index in [-0.39, 0.29) is 30.1 Å². The number of benzene rings is 1. The SMILES string of the molecule is Cc1c[nH]c(-c2ccc(O)c3c2C[C@]2(C)C[C@]4(C)[C@@H](C(C)C)C(O)[C@@H](C(N)=O)C(=O)[C@]4(O)C(O)[C@H]2C3=O)c1. The fraction of sp³-hybridized carbons (Fsp3) is 0.552. The summed E-state index contributed by atoms with van der Waals surface area (Å²) in [5.41, 5.74) is 3.86. The van der Waals surface area contributed by atoms with Crippen LogP contribution in [0.3, 0.4) is 0 Å². The smallest absolute Gasteiger partial charge is 0.230 e. The highest BCUT2D eigenvalue weighted by Crippen LogP contribution is 2.66. The van der Waals surface area contributed by atoms with Gasteiger partial charge >= 0.3 is 0 Å². The average Bonchev–Trinajstić information content (AvgIpc) is 3.21. The number of phenols is 1. The molecule has 5 rings (SSSR count). The number of Topliss-reactive ketones (excluding diaryl/α,β-unsaturated/α-hetero) is 2. The van der Waals surface area contributed by atoms with E-state index >= 15 is 0 Å². The minimum atomic E-state index is -2.51. The van der Waals surface area contributed by atoms with Crippen molar-refractivity contribution in [2.45, 2.75) is 65.3 Å². The predicted octanol–water partition coefficient (Wildman–Crippen LogP) is 1.88. The summed E-state index contributed by atoms with van der Waals surface area (Å²) in [7, 11) is 0. The number of rotatable bonds is 3. The number of aliphatic hydroxyl groups excluding tert-OH is 2. The number of nitrogens with two attached hydrogens (primary N) is 1. The van der Waals surface area contributed by atoms with E-state index in [1.807, 2.05) is 40.0 Å². The first-order valence-electron chi connectivity index (χ1n) is 13.1. The van der Waals surface area contributed by atoms with Crippen molar-refractivity contribution in [2.24, 2.45) is 40.2 Å². The lowest BCUT2D eigenvalue weighted by atomic mass is 9.39. The molecule has 3 aliphatic carbocycles. The van der Waals surface area contributed by atoms with E-state index in [1.54, 1.807) is 13.0 Å². The topological polar surface area (TPSA) is 174 Å². The molecule has 0 radical (unpaired) electrons. The molecular formula is C29H36N2O7. The third kappa shape index (κ3) is 3.18. The van der Waals surface area contributed by atoms with Crippen molar-refractivity contribution < 1.29 is 34.8 Å². The van der Waals surface area contributed by atoms with Gasteiger partial charge in [-0.2, -0.15) is 0 Å². The Labute approximate surface area is 221 Å².